The smallest absolute Gasteiger partial charge is 0.349 e. The molecule has 0 radical (unpaired) electrons. The summed E-state index contributed by atoms with van der Waals surface area (Å²) in [6, 6.07) is 8.71. The van der Waals surface area contributed by atoms with Crippen molar-refractivity contribution in [2.24, 2.45) is 5.92 Å². The molecule has 1 aliphatic rings. The van der Waals surface area contributed by atoms with Crippen LogP contribution in [-0.2, 0) is 0 Å². The highest BCUT2D eigenvalue weighted by atomic mass is 16.4. The molecule has 2 heterocycles. The summed E-state index contributed by atoms with van der Waals surface area (Å²) in [4.78, 5) is 26.1. The molecule has 1 N–H and O–H groups in total. The zero-order chi connectivity index (χ0) is 14.8. The normalized spacial score (nSPS) is 18.9. The Morgan fingerprint density at radius 3 is 3.00 bits per heavy atom. The zero-order valence-electron chi connectivity index (χ0n) is 11.6. The van der Waals surface area contributed by atoms with Crippen molar-refractivity contribution < 1.29 is 14.3 Å². The fourth-order valence-corrected chi connectivity index (χ4v) is 2.78. The maximum Gasteiger partial charge on any atom is 0.349 e. The van der Waals surface area contributed by atoms with E-state index in [2.05, 4.69) is 0 Å². The lowest BCUT2D eigenvalue weighted by Crippen LogP contribution is -2.42. The van der Waals surface area contributed by atoms with E-state index in [1.165, 1.54) is 0 Å². The number of piperidine rings is 1. The Labute approximate surface area is 121 Å². The second kappa shape index (κ2) is 5.69. The van der Waals surface area contributed by atoms with Crippen molar-refractivity contribution in [3.63, 3.8) is 0 Å². The van der Waals surface area contributed by atoms with Gasteiger partial charge in [0.15, 0.2) is 0 Å². The second-order valence-corrected chi connectivity index (χ2v) is 5.43. The number of carbonyl (C=O) groups is 1. The van der Waals surface area contributed by atoms with Crippen LogP contribution in [0.25, 0.3) is 11.0 Å². The van der Waals surface area contributed by atoms with Gasteiger partial charge in [0.05, 0.1) is 0 Å². The van der Waals surface area contributed by atoms with Crippen molar-refractivity contribution in [3.05, 3.63) is 46.3 Å². The van der Waals surface area contributed by atoms with Crippen LogP contribution >= 0.6 is 0 Å². The lowest BCUT2D eigenvalue weighted by molar-refractivity contribution is 0.0617. The van der Waals surface area contributed by atoms with Crippen molar-refractivity contribution in [1.29, 1.82) is 0 Å². The van der Waals surface area contributed by atoms with Gasteiger partial charge in [0.2, 0.25) is 0 Å². The molecule has 5 nitrogen and oxygen atoms in total. The summed E-state index contributed by atoms with van der Waals surface area (Å²) < 4.78 is 5.21. The van der Waals surface area contributed by atoms with Crippen molar-refractivity contribution in [2.75, 3.05) is 19.7 Å². The minimum atomic E-state index is -0.607. The summed E-state index contributed by atoms with van der Waals surface area (Å²) in [5.74, 6) is -0.220. The topological polar surface area (TPSA) is 70.8 Å². The third kappa shape index (κ3) is 2.69. The molecule has 1 amide bonds. The minimum absolute atomic E-state index is 0.0623. The summed E-state index contributed by atoms with van der Waals surface area (Å²) in [7, 11) is 0. The average molecular weight is 287 g/mol. The van der Waals surface area contributed by atoms with Gasteiger partial charge in [-0.15, -0.1) is 0 Å². The van der Waals surface area contributed by atoms with E-state index in [0.29, 0.717) is 18.7 Å². The first-order valence-electron chi connectivity index (χ1n) is 7.12. The van der Waals surface area contributed by atoms with Gasteiger partial charge in [-0.1, -0.05) is 18.2 Å². The SMILES string of the molecule is O=C(c1cc2ccccc2oc1=O)N1CCCC(CO)C1. The number of benzene rings is 1. The maximum atomic E-state index is 12.5. The monoisotopic (exact) mass is 287 g/mol. The Morgan fingerprint density at radius 2 is 2.19 bits per heavy atom. The minimum Gasteiger partial charge on any atom is -0.422 e. The molecule has 1 aromatic heterocycles. The van der Waals surface area contributed by atoms with Crippen LogP contribution in [0, 0.1) is 5.92 Å². The molecule has 3 rings (SSSR count). The van der Waals surface area contributed by atoms with E-state index in [0.717, 1.165) is 18.2 Å². The van der Waals surface area contributed by atoms with Gasteiger partial charge >= 0.3 is 5.63 Å². The third-order valence-corrected chi connectivity index (χ3v) is 3.94. The lowest BCUT2D eigenvalue weighted by Gasteiger charge is -2.31. The van der Waals surface area contributed by atoms with E-state index in [1.807, 2.05) is 12.1 Å². The third-order valence-electron chi connectivity index (χ3n) is 3.94. The van der Waals surface area contributed by atoms with Crippen molar-refractivity contribution in [2.45, 2.75) is 12.8 Å². The summed E-state index contributed by atoms with van der Waals surface area (Å²) in [6.07, 6.45) is 1.75. The Bertz CT molecular complexity index is 722. The highest BCUT2D eigenvalue weighted by Crippen LogP contribution is 2.19. The van der Waals surface area contributed by atoms with Crippen LogP contribution in [-0.4, -0.2) is 35.6 Å². The van der Waals surface area contributed by atoms with Gasteiger partial charge in [0, 0.05) is 25.1 Å². The van der Waals surface area contributed by atoms with Crippen LogP contribution in [0.15, 0.2) is 39.5 Å². The molecule has 1 unspecified atom stereocenters. The molecule has 2 aromatic rings. The first kappa shape index (κ1) is 13.8. The van der Waals surface area contributed by atoms with E-state index in [4.69, 9.17) is 4.42 Å². The Kier molecular flexibility index (Phi) is 3.75. The quantitative estimate of drug-likeness (QED) is 0.852. The summed E-state index contributed by atoms with van der Waals surface area (Å²) in [6.45, 7) is 1.17. The molecule has 1 aliphatic heterocycles. The molecule has 1 saturated heterocycles. The van der Waals surface area contributed by atoms with Gasteiger partial charge in [-0.2, -0.15) is 0 Å². The van der Waals surface area contributed by atoms with Crippen LogP contribution in [0.1, 0.15) is 23.2 Å². The number of aliphatic hydroxyl groups is 1. The van der Waals surface area contributed by atoms with Gasteiger partial charge in [0.1, 0.15) is 11.1 Å². The maximum absolute atomic E-state index is 12.5. The van der Waals surface area contributed by atoms with Gasteiger partial charge in [0.25, 0.3) is 5.91 Å². The van der Waals surface area contributed by atoms with Gasteiger partial charge in [-0.25, -0.2) is 4.79 Å². The molecule has 0 saturated carbocycles. The van der Waals surface area contributed by atoms with Crippen molar-refractivity contribution in [1.82, 2.24) is 4.90 Å². The number of fused-ring (bicyclic) bond motifs is 1. The van der Waals surface area contributed by atoms with Gasteiger partial charge in [-0.3, -0.25) is 4.79 Å². The molecule has 21 heavy (non-hydrogen) atoms. The first-order valence-corrected chi connectivity index (χ1v) is 7.12. The Balaban J connectivity index is 1.94. The number of aliphatic hydroxyl groups excluding tert-OH is 1. The van der Waals surface area contributed by atoms with Crippen molar-refractivity contribution >= 4 is 16.9 Å². The highest BCUT2D eigenvalue weighted by molar-refractivity contribution is 5.96. The molecular formula is C16H17NO4. The number of carbonyl (C=O) groups excluding carboxylic acids is 1. The fourth-order valence-electron chi connectivity index (χ4n) is 2.78. The standard InChI is InChI=1S/C16H17NO4/c18-10-11-4-3-7-17(9-11)15(19)13-8-12-5-1-2-6-14(12)21-16(13)20/h1-2,5-6,8,11,18H,3-4,7,9-10H2. The van der Waals surface area contributed by atoms with E-state index in [9.17, 15) is 14.7 Å². The second-order valence-electron chi connectivity index (χ2n) is 5.43. The number of para-hydroxylation sites is 1. The van der Waals surface area contributed by atoms with Crippen LogP contribution in [0.4, 0.5) is 0 Å². The molecule has 1 aromatic carbocycles. The van der Waals surface area contributed by atoms with E-state index < -0.39 is 5.63 Å². The number of rotatable bonds is 2. The molecule has 5 heteroatoms. The molecular weight excluding hydrogens is 270 g/mol. The van der Waals surface area contributed by atoms with Crippen LogP contribution < -0.4 is 5.63 Å². The largest absolute Gasteiger partial charge is 0.422 e. The van der Waals surface area contributed by atoms with Gasteiger partial charge in [-0.05, 0) is 30.9 Å². The molecule has 1 atom stereocenters. The molecule has 1 fully saturated rings. The first-order chi connectivity index (χ1) is 10.2. The Morgan fingerprint density at radius 1 is 1.38 bits per heavy atom. The van der Waals surface area contributed by atoms with Gasteiger partial charge < -0.3 is 14.4 Å². The van der Waals surface area contributed by atoms with E-state index in [1.54, 1.807) is 23.1 Å². The van der Waals surface area contributed by atoms with Crippen LogP contribution in [0.2, 0.25) is 0 Å². The Hall–Kier alpha value is -2.14. The number of hydrogen-bond acceptors (Lipinski definition) is 4. The summed E-state index contributed by atoms with van der Waals surface area (Å²) in [5.41, 5.74) is -0.0666. The van der Waals surface area contributed by atoms with Crippen LogP contribution in [0.3, 0.4) is 0 Å². The summed E-state index contributed by atoms with van der Waals surface area (Å²) >= 11 is 0. The molecule has 0 spiro atoms. The lowest BCUT2D eigenvalue weighted by atomic mass is 9.98. The number of nitrogens with zero attached hydrogens (tertiary/aromatic N) is 1. The number of likely N-dealkylation sites (tertiary alicyclic amines) is 1. The predicted octanol–water partition coefficient (Wildman–Crippen LogP) is 1.64. The molecule has 0 aliphatic carbocycles. The van der Waals surface area contributed by atoms with Crippen molar-refractivity contribution in [3.8, 4) is 0 Å². The van der Waals surface area contributed by atoms with Crippen LogP contribution in [0.5, 0.6) is 0 Å². The van der Waals surface area contributed by atoms with E-state index >= 15 is 0 Å². The molecule has 0 bridgehead atoms. The number of amides is 1. The molecule has 110 valence electrons. The number of hydrogen-bond donors (Lipinski definition) is 1. The van der Waals surface area contributed by atoms with E-state index in [-0.39, 0.29) is 24.0 Å². The predicted molar refractivity (Wildman–Crippen MR) is 78.2 cm³/mol. The average Bonchev–Trinajstić information content (AvgIpc) is 2.53. The fraction of sp³-hybridized carbons (Fsp3) is 0.375. The summed E-state index contributed by atoms with van der Waals surface area (Å²) in [5, 5.41) is 9.97. The highest BCUT2D eigenvalue weighted by Gasteiger charge is 2.26. The zero-order valence-corrected chi connectivity index (χ0v) is 11.6.